The second-order valence-corrected chi connectivity index (χ2v) is 6.52. The number of phenols is 1. The Morgan fingerprint density at radius 3 is 2.54 bits per heavy atom. The van der Waals surface area contributed by atoms with Crippen molar-refractivity contribution in [3.8, 4) is 11.5 Å². The van der Waals surface area contributed by atoms with Gasteiger partial charge in [-0.05, 0) is 62.3 Å². The van der Waals surface area contributed by atoms with E-state index in [-0.39, 0.29) is 11.7 Å². The summed E-state index contributed by atoms with van der Waals surface area (Å²) in [5.74, 6) is -1.26. The number of hydrogen-bond acceptors (Lipinski definition) is 4. The van der Waals surface area contributed by atoms with Gasteiger partial charge in [-0.1, -0.05) is 6.07 Å². The summed E-state index contributed by atoms with van der Waals surface area (Å²) in [7, 11) is 0. The largest absolute Gasteiger partial charge is 0.504 e. The lowest BCUT2D eigenvalue weighted by Gasteiger charge is -2.33. The van der Waals surface area contributed by atoms with Gasteiger partial charge in [-0.2, -0.15) is 0 Å². The molecule has 0 spiro atoms. The van der Waals surface area contributed by atoms with E-state index in [9.17, 15) is 19.8 Å². The highest BCUT2D eigenvalue weighted by Gasteiger charge is 2.37. The summed E-state index contributed by atoms with van der Waals surface area (Å²) in [6.45, 7) is 2.17. The van der Waals surface area contributed by atoms with E-state index in [1.54, 1.807) is 19.1 Å². The van der Waals surface area contributed by atoms with E-state index in [1.807, 2.05) is 0 Å². The van der Waals surface area contributed by atoms with Crippen LogP contribution in [0, 0.1) is 11.3 Å². The van der Waals surface area contributed by atoms with Crippen molar-refractivity contribution < 1.29 is 29.6 Å². The van der Waals surface area contributed by atoms with Crippen LogP contribution in [-0.2, 0) is 9.59 Å². The zero-order valence-corrected chi connectivity index (χ0v) is 13.6. The van der Waals surface area contributed by atoms with Crippen molar-refractivity contribution in [1.29, 1.82) is 0 Å². The Morgan fingerprint density at radius 2 is 1.96 bits per heavy atom. The van der Waals surface area contributed by atoms with E-state index in [2.05, 4.69) is 0 Å². The van der Waals surface area contributed by atoms with Crippen LogP contribution in [0.4, 0.5) is 0 Å². The molecule has 130 valence electrons. The minimum Gasteiger partial charge on any atom is -0.504 e. The molecule has 0 saturated heterocycles. The third-order valence-electron chi connectivity index (χ3n) is 4.60. The molecule has 0 aliphatic heterocycles. The molecule has 0 atom stereocenters. The molecule has 1 saturated carbocycles. The first-order valence-corrected chi connectivity index (χ1v) is 7.90. The molecule has 6 heteroatoms. The van der Waals surface area contributed by atoms with E-state index in [1.165, 1.54) is 12.1 Å². The van der Waals surface area contributed by atoms with E-state index < -0.39 is 17.4 Å². The van der Waals surface area contributed by atoms with Crippen LogP contribution < -0.4 is 4.74 Å². The van der Waals surface area contributed by atoms with Gasteiger partial charge in [-0.25, -0.2) is 4.79 Å². The highest BCUT2D eigenvalue weighted by atomic mass is 16.5. The molecule has 1 aromatic carbocycles. The van der Waals surface area contributed by atoms with Gasteiger partial charge in [0, 0.05) is 6.08 Å². The Hall–Kier alpha value is -2.50. The Balaban J connectivity index is 1.94. The molecule has 0 aromatic heterocycles. The molecule has 1 fully saturated rings. The van der Waals surface area contributed by atoms with Crippen molar-refractivity contribution in [2.45, 2.75) is 32.6 Å². The van der Waals surface area contributed by atoms with Crippen molar-refractivity contribution in [3.63, 3.8) is 0 Å². The molecule has 2 rings (SSSR count). The number of carboxylic acids is 2. The van der Waals surface area contributed by atoms with E-state index in [0.717, 1.165) is 18.9 Å². The van der Waals surface area contributed by atoms with Gasteiger partial charge >= 0.3 is 11.9 Å². The van der Waals surface area contributed by atoms with Gasteiger partial charge in [0.1, 0.15) is 0 Å². The molecule has 6 nitrogen and oxygen atoms in total. The van der Waals surface area contributed by atoms with Crippen LogP contribution in [0.3, 0.4) is 0 Å². The van der Waals surface area contributed by atoms with Crippen LogP contribution in [0.15, 0.2) is 24.3 Å². The lowest BCUT2D eigenvalue weighted by atomic mass is 9.72. The Bertz CT molecular complexity index is 641. The quantitative estimate of drug-likeness (QED) is 0.690. The number of ether oxygens (including phenoxy) is 1. The molecule has 0 heterocycles. The second-order valence-electron chi connectivity index (χ2n) is 6.52. The summed E-state index contributed by atoms with van der Waals surface area (Å²) in [5.41, 5.74) is -0.0347. The maximum absolute atomic E-state index is 11.2. The first-order valence-electron chi connectivity index (χ1n) is 7.90. The third-order valence-corrected chi connectivity index (χ3v) is 4.60. The predicted octanol–water partition coefficient (Wildman–Crippen LogP) is 3.15. The fourth-order valence-corrected chi connectivity index (χ4v) is 2.82. The van der Waals surface area contributed by atoms with Gasteiger partial charge in [0.15, 0.2) is 11.5 Å². The maximum atomic E-state index is 11.2. The number of phenolic OH excluding ortho intramolecular Hbond substituents is 1. The van der Waals surface area contributed by atoms with E-state index in [0.29, 0.717) is 30.8 Å². The van der Waals surface area contributed by atoms with E-state index in [4.69, 9.17) is 9.84 Å². The van der Waals surface area contributed by atoms with Crippen LogP contribution in [0.5, 0.6) is 11.5 Å². The summed E-state index contributed by atoms with van der Waals surface area (Å²) >= 11 is 0. The standard InChI is InChI=1S/C18H22O6/c1-18(17(22)23)8-6-13(7-9-18)11-24-15-10-12(2-4-14(15)19)3-5-16(20)21/h2-5,10,13,19H,6-9,11H2,1H3,(H,20,21)(H,22,23). The maximum Gasteiger partial charge on any atom is 0.328 e. The van der Waals surface area contributed by atoms with Crippen molar-refractivity contribution >= 4 is 18.0 Å². The highest BCUT2D eigenvalue weighted by molar-refractivity contribution is 5.85. The molecule has 0 unspecified atom stereocenters. The summed E-state index contributed by atoms with van der Waals surface area (Å²) in [4.78, 5) is 21.8. The number of carbonyl (C=O) groups is 2. The number of rotatable bonds is 6. The van der Waals surface area contributed by atoms with Crippen molar-refractivity contribution in [2.75, 3.05) is 6.61 Å². The van der Waals surface area contributed by atoms with Crippen molar-refractivity contribution in [2.24, 2.45) is 11.3 Å². The molecule has 0 bridgehead atoms. The predicted molar refractivity (Wildman–Crippen MR) is 88.0 cm³/mol. The molecule has 1 aliphatic rings. The lowest BCUT2D eigenvalue weighted by molar-refractivity contribution is -0.150. The molecular weight excluding hydrogens is 312 g/mol. The van der Waals surface area contributed by atoms with Crippen molar-refractivity contribution in [3.05, 3.63) is 29.8 Å². The van der Waals surface area contributed by atoms with Crippen LogP contribution in [-0.4, -0.2) is 33.9 Å². The van der Waals surface area contributed by atoms with Crippen LogP contribution >= 0.6 is 0 Å². The SMILES string of the molecule is CC1(C(=O)O)CCC(COc2cc(C=CC(=O)O)ccc2O)CC1. The third kappa shape index (κ3) is 4.50. The summed E-state index contributed by atoms with van der Waals surface area (Å²) in [5, 5.41) is 27.7. The zero-order valence-electron chi connectivity index (χ0n) is 13.6. The number of hydrogen-bond donors (Lipinski definition) is 3. The number of aliphatic carboxylic acids is 2. The minimum atomic E-state index is -1.05. The first-order chi connectivity index (χ1) is 11.3. The lowest BCUT2D eigenvalue weighted by Crippen LogP contribution is -2.33. The van der Waals surface area contributed by atoms with Crippen molar-refractivity contribution in [1.82, 2.24) is 0 Å². The number of carboxylic acid groups (broad SMARTS) is 2. The van der Waals surface area contributed by atoms with Crippen LogP contribution in [0.25, 0.3) is 6.08 Å². The Kier molecular flexibility index (Phi) is 5.49. The average molecular weight is 334 g/mol. The van der Waals surface area contributed by atoms with Crippen LogP contribution in [0.1, 0.15) is 38.2 Å². The molecule has 1 aliphatic carbocycles. The molecular formula is C18H22O6. The molecule has 3 N–H and O–H groups in total. The smallest absolute Gasteiger partial charge is 0.328 e. The fraction of sp³-hybridized carbons (Fsp3) is 0.444. The van der Waals surface area contributed by atoms with Gasteiger partial charge in [-0.15, -0.1) is 0 Å². The van der Waals surface area contributed by atoms with Gasteiger partial charge in [-0.3, -0.25) is 4.79 Å². The summed E-state index contributed by atoms with van der Waals surface area (Å²) in [6, 6.07) is 4.64. The second kappa shape index (κ2) is 7.38. The van der Waals surface area contributed by atoms with Crippen LogP contribution in [0.2, 0.25) is 0 Å². The Morgan fingerprint density at radius 1 is 1.29 bits per heavy atom. The molecule has 0 amide bonds. The highest BCUT2D eigenvalue weighted by Crippen LogP contribution is 2.39. The molecule has 0 radical (unpaired) electrons. The summed E-state index contributed by atoms with van der Waals surface area (Å²) < 4.78 is 5.67. The zero-order chi connectivity index (χ0) is 17.7. The summed E-state index contributed by atoms with van der Waals surface area (Å²) in [6.07, 6.45) is 5.20. The van der Waals surface area contributed by atoms with Gasteiger partial charge < -0.3 is 20.1 Å². The average Bonchev–Trinajstić information content (AvgIpc) is 2.54. The number of aromatic hydroxyl groups is 1. The molecule has 1 aromatic rings. The topological polar surface area (TPSA) is 104 Å². The Labute approximate surface area is 140 Å². The molecule has 24 heavy (non-hydrogen) atoms. The fourth-order valence-electron chi connectivity index (χ4n) is 2.82. The minimum absolute atomic E-state index is 0.00587. The van der Waals surface area contributed by atoms with Gasteiger partial charge in [0.25, 0.3) is 0 Å². The number of benzene rings is 1. The van der Waals surface area contributed by atoms with Gasteiger partial charge in [0.2, 0.25) is 0 Å². The van der Waals surface area contributed by atoms with Gasteiger partial charge in [0.05, 0.1) is 12.0 Å². The monoisotopic (exact) mass is 334 g/mol. The normalized spacial score (nSPS) is 24.0. The first kappa shape index (κ1) is 17.8. The van der Waals surface area contributed by atoms with E-state index >= 15 is 0 Å².